The summed E-state index contributed by atoms with van der Waals surface area (Å²) in [5, 5.41) is 14.3. The van der Waals surface area contributed by atoms with Crippen LogP contribution >= 0.6 is 0 Å². The summed E-state index contributed by atoms with van der Waals surface area (Å²) in [5.41, 5.74) is 4.13. The van der Waals surface area contributed by atoms with Crippen molar-refractivity contribution in [2.45, 2.75) is 6.42 Å². The Morgan fingerprint density at radius 2 is 1.55 bits per heavy atom. The van der Waals surface area contributed by atoms with E-state index in [1.165, 1.54) is 5.56 Å². The van der Waals surface area contributed by atoms with E-state index in [9.17, 15) is 4.79 Å². The van der Waals surface area contributed by atoms with E-state index in [4.69, 9.17) is 9.84 Å². The molecule has 0 bridgehead atoms. The first-order valence-electron chi connectivity index (χ1n) is 7.11. The van der Waals surface area contributed by atoms with Gasteiger partial charge < -0.3 is 15.2 Å². The third kappa shape index (κ3) is 4.79. The van der Waals surface area contributed by atoms with Gasteiger partial charge in [-0.15, -0.1) is 0 Å². The molecular weight excluding hydrogens is 280 g/mol. The average molecular weight is 300 g/mol. The molecule has 0 aromatic heterocycles. The van der Waals surface area contributed by atoms with Gasteiger partial charge in [-0.3, -0.25) is 5.32 Å². The number of aliphatic hydroxyl groups excluding tert-OH is 1. The van der Waals surface area contributed by atoms with Gasteiger partial charge in [-0.1, -0.05) is 24.3 Å². The van der Waals surface area contributed by atoms with E-state index in [-0.39, 0.29) is 13.2 Å². The Hall–Kier alpha value is -2.53. The standard InChI is InChI=1S/C17H20N2O3/c1-18-15-6-2-13(3-7-15)12-14-4-8-16(9-5-14)19-17(21)22-11-10-20/h2-9,18,20H,10-12H2,1H3,(H,19,21). The normalized spacial score (nSPS) is 10.1. The van der Waals surface area contributed by atoms with Crippen LogP contribution in [0.3, 0.4) is 0 Å². The molecule has 5 heteroatoms. The number of carbonyl (C=O) groups excluding carboxylic acids is 1. The number of amides is 1. The molecule has 0 radical (unpaired) electrons. The third-order valence-corrected chi connectivity index (χ3v) is 3.18. The van der Waals surface area contributed by atoms with Crippen molar-refractivity contribution in [2.75, 3.05) is 30.9 Å². The maximum absolute atomic E-state index is 11.4. The van der Waals surface area contributed by atoms with Crippen molar-refractivity contribution in [3.63, 3.8) is 0 Å². The summed E-state index contributed by atoms with van der Waals surface area (Å²) in [4.78, 5) is 11.4. The molecule has 2 aromatic carbocycles. The van der Waals surface area contributed by atoms with Crippen LogP contribution in [0.2, 0.25) is 0 Å². The van der Waals surface area contributed by atoms with Crippen molar-refractivity contribution in [1.82, 2.24) is 0 Å². The van der Waals surface area contributed by atoms with Crippen LogP contribution in [-0.4, -0.2) is 31.5 Å². The molecule has 3 N–H and O–H groups in total. The van der Waals surface area contributed by atoms with Crippen LogP contribution in [0.4, 0.5) is 16.2 Å². The van der Waals surface area contributed by atoms with E-state index in [1.807, 2.05) is 43.4 Å². The minimum absolute atomic E-state index is 0.00741. The lowest BCUT2D eigenvalue weighted by Crippen LogP contribution is -2.15. The summed E-state index contributed by atoms with van der Waals surface area (Å²) in [6.45, 7) is -0.189. The lowest BCUT2D eigenvalue weighted by molar-refractivity contribution is 0.131. The second-order valence-electron chi connectivity index (χ2n) is 4.81. The van der Waals surface area contributed by atoms with Crippen LogP contribution in [0.1, 0.15) is 11.1 Å². The highest BCUT2D eigenvalue weighted by atomic mass is 16.6. The highest BCUT2D eigenvalue weighted by Gasteiger charge is 2.03. The summed E-state index contributed by atoms with van der Waals surface area (Å²) < 4.78 is 4.74. The molecule has 0 saturated heterocycles. The number of aliphatic hydroxyl groups is 1. The van der Waals surface area contributed by atoms with Crippen LogP contribution in [0.15, 0.2) is 48.5 Å². The smallest absolute Gasteiger partial charge is 0.411 e. The second-order valence-corrected chi connectivity index (χ2v) is 4.81. The van der Waals surface area contributed by atoms with Gasteiger partial charge in [0.2, 0.25) is 0 Å². The minimum atomic E-state index is -0.565. The Bertz CT molecular complexity index is 594. The summed E-state index contributed by atoms with van der Waals surface area (Å²) in [7, 11) is 1.90. The molecule has 116 valence electrons. The van der Waals surface area contributed by atoms with Gasteiger partial charge in [0.25, 0.3) is 0 Å². The monoisotopic (exact) mass is 300 g/mol. The van der Waals surface area contributed by atoms with E-state index < -0.39 is 6.09 Å². The van der Waals surface area contributed by atoms with Gasteiger partial charge >= 0.3 is 6.09 Å². The molecule has 0 saturated carbocycles. The SMILES string of the molecule is CNc1ccc(Cc2ccc(NC(=O)OCCO)cc2)cc1. The Morgan fingerprint density at radius 3 is 2.05 bits per heavy atom. The summed E-state index contributed by atoms with van der Waals surface area (Å²) in [6, 6.07) is 15.9. The number of benzene rings is 2. The quantitative estimate of drug-likeness (QED) is 0.767. The van der Waals surface area contributed by atoms with Gasteiger partial charge in [-0.05, 0) is 41.8 Å². The van der Waals surface area contributed by atoms with Crippen LogP contribution in [0.5, 0.6) is 0 Å². The molecule has 2 rings (SSSR count). The van der Waals surface area contributed by atoms with Crippen molar-refractivity contribution >= 4 is 17.5 Å². The zero-order chi connectivity index (χ0) is 15.8. The minimum Gasteiger partial charge on any atom is -0.447 e. The first kappa shape index (κ1) is 15.9. The van der Waals surface area contributed by atoms with Crippen LogP contribution in [0, 0.1) is 0 Å². The molecule has 0 unspecified atom stereocenters. The Kier molecular flexibility index (Phi) is 5.80. The number of carbonyl (C=O) groups is 1. The van der Waals surface area contributed by atoms with E-state index in [0.717, 1.165) is 17.7 Å². The summed E-state index contributed by atoms with van der Waals surface area (Å²) in [6.07, 6.45) is 0.267. The lowest BCUT2D eigenvalue weighted by Gasteiger charge is -2.07. The molecule has 2 aromatic rings. The molecule has 0 fully saturated rings. The van der Waals surface area contributed by atoms with Gasteiger partial charge in [0, 0.05) is 18.4 Å². The van der Waals surface area contributed by atoms with Crippen molar-refractivity contribution in [2.24, 2.45) is 0 Å². The molecule has 22 heavy (non-hydrogen) atoms. The number of hydrogen-bond acceptors (Lipinski definition) is 4. The van der Waals surface area contributed by atoms with Crippen molar-refractivity contribution < 1.29 is 14.6 Å². The van der Waals surface area contributed by atoms with Crippen LogP contribution < -0.4 is 10.6 Å². The van der Waals surface area contributed by atoms with Gasteiger partial charge in [0.05, 0.1) is 6.61 Å². The van der Waals surface area contributed by atoms with Crippen molar-refractivity contribution in [1.29, 1.82) is 0 Å². The van der Waals surface area contributed by atoms with Gasteiger partial charge in [-0.2, -0.15) is 0 Å². The predicted molar refractivity (Wildman–Crippen MR) is 87.3 cm³/mol. The number of hydrogen-bond donors (Lipinski definition) is 3. The number of anilines is 2. The molecule has 0 spiro atoms. The Labute approximate surface area is 129 Å². The molecule has 0 aliphatic rings. The highest BCUT2D eigenvalue weighted by Crippen LogP contribution is 2.15. The fourth-order valence-corrected chi connectivity index (χ4v) is 2.02. The van der Waals surface area contributed by atoms with E-state index >= 15 is 0 Å². The summed E-state index contributed by atoms with van der Waals surface area (Å²) >= 11 is 0. The first-order valence-corrected chi connectivity index (χ1v) is 7.11. The molecule has 0 aliphatic carbocycles. The zero-order valence-corrected chi connectivity index (χ0v) is 12.5. The topological polar surface area (TPSA) is 70.6 Å². The number of nitrogens with one attached hydrogen (secondary N) is 2. The van der Waals surface area contributed by atoms with E-state index in [2.05, 4.69) is 22.8 Å². The molecule has 1 amide bonds. The third-order valence-electron chi connectivity index (χ3n) is 3.18. The first-order chi connectivity index (χ1) is 10.7. The molecule has 0 atom stereocenters. The second kappa shape index (κ2) is 8.05. The van der Waals surface area contributed by atoms with Crippen molar-refractivity contribution in [3.05, 3.63) is 59.7 Å². The van der Waals surface area contributed by atoms with Crippen LogP contribution in [0.25, 0.3) is 0 Å². The molecular formula is C17H20N2O3. The van der Waals surface area contributed by atoms with Gasteiger partial charge in [0.15, 0.2) is 0 Å². The maximum Gasteiger partial charge on any atom is 0.411 e. The van der Waals surface area contributed by atoms with E-state index in [1.54, 1.807) is 0 Å². The fraction of sp³-hybridized carbons (Fsp3) is 0.235. The molecule has 0 heterocycles. The Balaban J connectivity index is 1.92. The van der Waals surface area contributed by atoms with Crippen molar-refractivity contribution in [3.8, 4) is 0 Å². The maximum atomic E-state index is 11.4. The van der Waals surface area contributed by atoms with E-state index in [0.29, 0.717) is 5.69 Å². The molecule has 0 aliphatic heterocycles. The predicted octanol–water partition coefficient (Wildman–Crippen LogP) is 2.86. The number of rotatable bonds is 6. The van der Waals surface area contributed by atoms with Gasteiger partial charge in [-0.25, -0.2) is 4.79 Å². The number of ether oxygens (including phenoxy) is 1. The Morgan fingerprint density at radius 1 is 1.00 bits per heavy atom. The largest absolute Gasteiger partial charge is 0.447 e. The van der Waals surface area contributed by atoms with Gasteiger partial charge in [0.1, 0.15) is 6.61 Å². The highest BCUT2D eigenvalue weighted by molar-refractivity contribution is 5.84. The summed E-state index contributed by atoms with van der Waals surface area (Å²) in [5.74, 6) is 0. The average Bonchev–Trinajstić information content (AvgIpc) is 2.55. The lowest BCUT2D eigenvalue weighted by atomic mass is 10.0. The van der Waals surface area contributed by atoms with Crippen LogP contribution in [-0.2, 0) is 11.2 Å². The zero-order valence-electron chi connectivity index (χ0n) is 12.5. The fourth-order valence-electron chi connectivity index (χ4n) is 2.02. The molecule has 5 nitrogen and oxygen atoms in total.